The fourth-order valence-corrected chi connectivity index (χ4v) is 7.92. The van der Waals surface area contributed by atoms with Gasteiger partial charge in [0.2, 0.25) is 0 Å². The molecule has 0 unspecified atom stereocenters. The van der Waals surface area contributed by atoms with Crippen LogP contribution >= 0.6 is 0 Å². The molecule has 0 aliphatic rings. The lowest BCUT2D eigenvalue weighted by molar-refractivity contribution is 0.439. The van der Waals surface area contributed by atoms with E-state index < -0.39 is 16.1 Å². The van der Waals surface area contributed by atoms with Gasteiger partial charge in [0.1, 0.15) is 11.5 Å². The minimum atomic E-state index is -1.51. The van der Waals surface area contributed by atoms with Crippen molar-refractivity contribution in [1.29, 1.82) is 0 Å². The van der Waals surface area contributed by atoms with E-state index in [1.54, 1.807) is 0 Å². The Balaban J connectivity index is 3.20. The molecule has 190 valence electrons. The molecule has 0 aliphatic heterocycles. The molecule has 2 rings (SSSR count). The van der Waals surface area contributed by atoms with Gasteiger partial charge in [-0.25, -0.2) is 0 Å². The molecule has 0 atom stereocenters. The Kier molecular flexibility index (Phi) is 7.74. The van der Waals surface area contributed by atoms with E-state index in [1.807, 2.05) is 0 Å². The fraction of sp³-hybridized carbons (Fsp3) is 0.600. The lowest BCUT2D eigenvalue weighted by Crippen LogP contribution is -2.27. The van der Waals surface area contributed by atoms with Crippen molar-refractivity contribution < 1.29 is 10.2 Å². The van der Waals surface area contributed by atoms with Crippen molar-refractivity contribution in [2.75, 3.05) is 0 Å². The third-order valence-electron chi connectivity index (χ3n) is 6.54. The highest BCUT2D eigenvalue weighted by molar-refractivity contribution is 6.76. The molecule has 0 spiro atoms. The number of hydrogen-bond donors (Lipinski definition) is 2. The van der Waals surface area contributed by atoms with Crippen molar-refractivity contribution in [3.63, 3.8) is 0 Å². The summed E-state index contributed by atoms with van der Waals surface area (Å²) in [6, 6.07) is 6.31. The molecule has 0 radical (unpaired) electrons. The third-order valence-corrected chi connectivity index (χ3v) is 9.37. The molecule has 2 aromatic carbocycles. The largest absolute Gasteiger partial charge is 0.507 e. The first-order valence-corrected chi connectivity index (χ1v) is 20.2. The van der Waals surface area contributed by atoms with Gasteiger partial charge in [0.05, 0.1) is 0 Å². The summed E-state index contributed by atoms with van der Waals surface area (Å²) in [6.07, 6.45) is 0. The van der Waals surface area contributed by atoms with Crippen molar-refractivity contribution >= 4 is 16.1 Å². The number of hydrogen-bond acceptors (Lipinski definition) is 2. The zero-order valence-corrected chi connectivity index (χ0v) is 26.5. The first kappa shape index (κ1) is 28.7. The molecule has 4 heteroatoms. The van der Waals surface area contributed by atoms with Crippen LogP contribution in [0, 0.1) is 13.8 Å². The van der Waals surface area contributed by atoms with E-state index in [2.05, 4.69) is 107 Å². The van der Waals surface area contributed by atoms with E-state index in [1.165, 1.54) is 22.3 Å². The molecular weight excluding hydrogens is 449 g/mol. The monoisotopic (exact) mass is 498 g/mol. The highest BCUT2D eigenvalue weighted by Gasteiger charge is 2.33. The van der Waals surface area contributed by atoms with Crippen molar-refractivity contribution in [1.82, 2.24) is 0 Å². The lowest BCUT2D eigenvalue weighted by atomic mass is 9.77. The molecule has 0 saturated heterocycles. The van der Waals surface area contributed by atoms with E-state index in [4.69, 9.17) is 0 Å². The van der Waals surface area contributed by atoms with E-state index in [-0.39, 0.29) is 10.8 Å². The van der Waals surface area contributed by atoms with Gasteiger partial charge in [-0.05, 0) is 59.0 Å². The normalized spacial score (nSPS) is 13.5. The smallest absolute Gasteiger partial charge is 0.127 e. The van der Waals surface area contributed by atoms with Crippen LogP contribution in [0.5, 0.6) is 11.5 Å². The van der Waals surface area contributed by atoms with Gasteiger partial charge < -0.3 is 10.2 Å². The Morgan fingerprint density at radius 2 is 0.853 bits per heavy atom. The summed E-state index contributed by atoms with van der Waals surface area (Å²) < 4.78 is 0. The lowest BCUT2D eigenvalue weighted by Gasteiger charge is -2.32. The highest BCUT2D eigenvalue weighted by Crippen LogP contribution is 2.50. The minimum Gasteiger partial charge on any atom is -0.507 e. The second-order valence-corrected chi connectivity index (χ2v) is 25.8. The summed E-state index contributed by atoms with van der Waals surface area (Å²) in [5.41, 5.74) is 8.13. The van der Waals surface area contributed by atoms with Gasteiger partial charge in [0.25, 0.3) is 0 Å². The topological polar surface area (TPSA) is 40.5 Å². The van der Waals surface area contributed by atoms with Crippen LogP contribution in [-0.4, -0.2) is 26.4 Å². The minimum absolute atomic E-state index is 0.202. The maximum Gasteiger partial charge on any atom is 0.127 e. The molecule has 0 amide bonds. The molecule has 2 N–H and O–H groups in total. The van der Waals surface area contributed by atoms with E-state index in [0.717, 1.165) is 34.3 Å². The van der Waals surface area contributed by atoms with Gasteiger partial charge in [-0.2, -0.15) is 0 Å². The molecule has 0 saturated carbocycles. The zero-order chi connectivity index (χ0) is 26.6. The van der Waals surface area contributed by atoms with Crippen molar-refractivity contribution in [2.45, 2.75) is 118 Å². The first-order chi connectivity index (χ1) is 15.0. The summed E-state index contributed by atoms with van der Waals surface area (Å²) in [5.74, 6) is 0.702. The van der Waals surface area contributed by atoms with E-state index >= 15 is 0 Å². The Hall–Kier alpha value is -1.53. The Morgan fingerprint density at radius 1 is 0.588 bits per heavy atom. The van der Waals surface area contributed by atoms with Crippen LogP contribution in [-0.2, 0) is 22.9 Å². The van der Waals surface area contributed by atoms with Gasteiger partial charge in [-0.1, -0.05) is 93.0 Å². The third kappa shape index (κ3) is 6.37. The van der Waals surface area contributed by atoms with Crippen LogP contribution < -0.4 is 0 Å². The summed E-state index contributed by atoms with van der Waals surface area (Å²) in [7, 11) is -3.02. The number of benzene rings is 2. The van der Waals surface area contributed by atoms with Crippen molar-refractivity contribution in [2.24, 2.45) is 0 Å². The number of phenolic OH excluding ortho intramolecular Hbond substituents is 2. The highest BCUT2D eigenvalue weighted by atomic mass is 28.3. The maximum atomic E-state index is 11.9. The van der Waals surface area contributed by atoms with Crippen molar-refractivity contribution in [3.05, 3.63) is 45.5 Å². The molecule has 0 fully saturated rings. The first-order valence-electron chi connectivity index (χ1n) is 12.8. The van der Waals surface area contributed by atoms with Gasteiger partial charge >= 0.3 is 0 Å². The zero-order valence-electron chi connectivity index (χ0n) is 24.5. The summed E-state index contributed by atoms with van der Waals surface area (Å²) in [6.45, 7) is 31.6. The van der Waals surface area contributed by atoms with Crippen LogP contribution in [0.3, 0.4) is 0 Å². The molecule has 0 bridgehead atoms. The molecule has 34 heavy (non-hydrogen) atoms. The van der Waals surface area contributed by atoms with Gasteiger partial charge in [-0.15, -0.1) is 0 Å². The second-order valence-electron chi connectivity index (χ2n) is 14.9. The predicted octanol–water partition coefficient (Wildman–Crippen LogP) is 8.82. The van der Waals surface area contributed by atoms with Crippen LogP contribution in [0.25, 0.3) is 11.1 Å². The number of aromatic hydroxyl groups is 2. The quantitative estimate of drug-likeness (QED) is 0.404. The average Bonchev–Trinajstić information content (AvgIpc) is 2.58. The molecule has 0 aliphatic carbocycles. The number of rotatable bonds is 5. The van der Waals surface area contributed by atoms with Gasteiger partial charge in [0.15, 0.2) is 0 Å². The Morgan fingerprint density at radius 3 is 1.06 bits per heavy atom. The molecule has 0 aromatic heterocycles. The van der Waals surface area contributed by atoms with Crippen LogP contribution in [0.15, 0.2) is 12.1 Å². The fourth-order valence-electron chi connectivity index (χ4n) is 4.89. The molecule has 2 aromatic rings. The summed E-state index contributed by atoms with van der Waals surface area (Å²) in [5, 5.41) is 23.9. The average molecular weight is 499 g/mol. The second kappa shape index (κ2) is 9.16. The Bertz CT molecular complexity index is 982. The number of phenols is 2. The predicted molar refractivity (Wildman–Crippen MR) is 156 cm³/mol. The standard InChI is InChI=1S/C30H50O2Si2/c1-19-15-23(29(3,4)5)27(31)25(21(19)17-33(9,10)11)26-22(18-34(12,13)14)20(2)16-24(28(26)32)30(6,7)8/h15-16,31-32H,17-18H2,1-14H3. The van der Waals surface area contributed by atoms with E-state index in [9.17, 15) is 10.2 Å². The SMILES string of the molecule is Cc1cc(C(C)(C)C)c(O)c(-c2c(O)c(C(C)(C)C)cc(C)c2C[Si](C)(C)C)c1C[Si](C)(C)C. The van der Waals surface area contributed by atoms with Crippen LogP contribution in [0.1, 0.15) is 74.9 Å². The summed E-state index contributed by atoms with van der Waals surface area (Å²) >= 11 is 0. The molecule has 0 heterocycles. The molecule has 2 nitrogen and oxygen atoms in total. The number of aryl methyl sites for hydroxylation is 2. The molecular formula is C30H50O2Si2. The van der Waals surface area contributed by atoms with Crippen molar-refractivity contribution in [3.8, 4) is 22.6 Å². The maximum absolute atomic E-state index is 11.9. The summed E-state index contributed by atoms with van der Waals surface area (Å²) in [4.78, 5) is 0. The van der Waals surface area contributed by atoms with Gasteiger partial charge in [0, 0.05) is 38.4 Å². The van der Waals surface area contributed by atoms with Crippen LogP contribution in [0.2, 0.25) is 39.3 Å². The van der Waals surface area contributed by atoms with E-state index in [0.29, 0.717) is 11.5 Å². The van der Waals surface area contributed by atoms with Gasteiger partial charge in [-0.3, -0.25) is 0 Å². The Labute approximate surface area is 211 Å². The van der Waals surface area contributed by atoms with Crippen LogP contribution in [0.4, 0.5) is 0 Å².